The molecule has 27 heavy (non-hydrogen) atoms. The van der Waals surface area contributed by atoms with Gasteiger partial charge in [-0.25, -0.2) is 13.1 Å². The van der Waals surface area contributed by atoms with Crippen LogP contribution in [0.4, 0.5) is 5.69 Å². The van der Waals surface area contributed by atoms with Gasteiger partial charge in [-0.2, -0.15) is 0 Å². The van der Waals surface area contributed by atoms with Crippen LogP contribution in [0.25, 0.3) is 0 Å². The molecule has 2 aromatic carbocycles. The number of anilines is 1. The van der Waals surface area contributed by atoms with Gasteiger partial charge in [-0.15, -0.1) is 0 Å². The summed E-state index contributed by atoms with van der Waals surface area (Å²) in [4.78, 5) is 4.81. The van der Waals surface area contributed by atoms with Crippen molar-refractivity contribution < 1.29 is 8.42 Å². The highest BCUT2D eigenvalue weighted by atomic mass is 35.5. The van der Waals surface area contributed by atoms with Crippen LogP contribution in [-0.4, -0.2) is 52.6 Å². The Hall–Kier alpha value is -1.31. The number of sulfonamides is 1. The van der Waals surface area contributed by atoms with Gasteiger partial charge in [-0.3, -0.25) is 4.90 Å². The van der Waals surface area contributed by atoms with Crippen LogP contribution in [0.5, 0.6) is 0 Å². The van der Waals surface area contributed by atoms with Crippen molar-refractivity contribution in [3.63, 3.8) is 0 Å². The summed E-state index contributed by atoms with van der Waals surface area (Å²) in [5.74, 6) is 0. The van der Waals surface area contributed by atoms with Gasteiger partial charge in [0.1, 0.15) is 0 Å². The Morgan fingerprint density at radius 3 is 2.26 bits per heavy atom. The van der Waals surface area contributed by atoms with Gasteiger partial charge in [0, 0.05) is 55.0 Å². The Morgan fingerprint density at radius 1 is 0.963 bits per heavy atom. The minimum absolute atomic E-state index is 0.238. The number of benzene rings is 2. The van der Waals surface area contributed by atoms with Gasteiger partial charge in [0.2, 0.25) is 10.0 Å². The zero-order valence-electron chi connectivity index (χ0n) is 15.2. The fraction of sp³-hybridized carbons (Fsp3) is 0.368. The smallest absolute Gasteiger partial charge is 0.240 e. The summed E-state index contributed by atoms with van der Waals surface area (Å²) in [5.41, 5.74) is 1.85. The third-order valence-electron chi connectivity index (χ3n) is 4.72. The third-order valence-corrected chi connectivity index (χ3v) is 6.81. The Labute approximate surface area is 170 Å². The summed E-state index contributed by atoms with van der Waals surface area (Å²) in [6.07, 6.45) is 0. The number of hydrogen-bond acceptors (Lipinski definition) is 4. The van der Waals surface area contributed by atoms with E-state index in [2.05, 4.69) is 14.5 Å². The molecule has 2 aromatic rings. The summed E-state index contributed by atoms with van der Waals surface area (Å²) >= 11 is 11.9. The van der Waals surface area contributed by atoms with Crippen molar-refractivity contribution >= 4 is 38.9 Å². The second-order valence-corrected chi connectivity index (χ2v) is 9.22. The highest BCUT2D eigenvalue weighted by Crippen LogP contribution is 2.21. The molecule has 1 fully saturated rings. The van der Waals surface area contributed by atoms with Crippen molar-refractivity contribution in [3.8, 4) is 0 Å². The standard InChI is InChI=1S/C19H23Cl2N3O2S/c1-15-2-3-17(21)14-19(15)27(25,26)22-8-9-23-10-12-24(13-11-23)18-6-4-16(20)5-7-18/h2-7,14,22H,8-13H2,1H3. The van der Waals surface area contributed by atoms with E-state index in [-0.39, 0.29) is 4.90 Å². The number of nitrogens with one attached hydrogen (secondary N) is 1. The molecule has 146 valence electrons. The normalized spacial score (nSPS) is 15.9. The van der Waals surface area contributed by atoms with E-state index in [0.717, 1.165) is 36.9 Å². The number of hydrogen-bond donors (Lipinski definition) is 1. The highest BCUT2D eigenvalue weighted by molar-refractivity contribution is 7.89. The van der Waals surface area contributed by atoms with Crippen LogP contribution >= 0.6 is 23.2 Å². The van der Waals surface area contributed by atoms with Crippen LogP contribution in [0.15, 0.2) is 47.4 Å². The van der Waals surface area contributed by atoms with E-state index in [1.807, 2.05) is 24.3 Å². The summed E-state index contributed by atoms with van der Waals surface area (Å²) in [5, 5.41) is 1.15. The molecule has 0 bridgehead atoms. The average molecular weight is 428 g/mol. The minimum Gasteiger partial charge on any atom is -0.369 e. The van der Waals surface area contributed by atoms with Gasteiger partial charge in [-0.1, -0.05) is 29.3 Å². The van der Waals surface area contributed by atoms with Crippen molar-refractivity contribution in [2.45, 2.75) is 11.8 Å². The minimum atomic E-state index is -3.56. The van der Waals surface area contributed by atoms with Crippen molar-refractivity contribution in [2.24, 2.45) is 0 Å². The first-order valence-corrected chi connectivity index (χ1v) is 11.1. The summed E-state index contributed by atoms with van der Waals surface area (Å²) in [6, 6.07) is 12.7. The largest absolute Gasteiger partial charge is 0.369 e. The lowest BCUT2D eigenvalue weighted by molar-refractivity contribution is 0.262. The molecule has 1 aliphatic rings. The SMILES string of the molecule is Cc1ccc(Cl)cc1S(=O)(=O)NCCN1CCN(c2ccc(Cl)cc2)CC1. The van der Waals surface area contributed by atoms with Gasteiger partial charge in [0.15, 0.2) is 0 Å². The summed E-state index contributed by atoms with van der Waals surface area (Å²) < 4.78 is 27.7. The lowest BCUT2D eigenvalue weighted by Gasteiger charge is -2.36. The Kier molecular flexibility index (Phi) is 6.65. The number of rotatable bonds is 6. The maximum atomic E-state index is 12.5. The van der Waals surface area contributed by atoms with Crippen molar-refractivity contribution in [3.05, 3.63) is 58.1 Å². The molecule has 3 rings (SSSR count). The molecule has 1 saturated heterocycles. The molecule has 1 aliphatic heterocycles. The molecule has 0 aromatic heterocycles. The fourth-order valence-corrected chi connectivity index (χ4v) is 4.81. The maximum Gasteiger partial charge on any atom is 0.240 e. The van der Waals surface area contributed by atoms with E-state index in [0.29, 0.717) is 23.7 Å². The zero-order chi connectivity index (χ0) is 19.4. The van der Waals surface area contributed by atoms with Gasteiger partial charge >= 0.3 is 0 Å². The molecule has 0 saturated carbocycles. The molecule has 5 nitrogen and oxygen atoms in total. The fourth-order valence-electron chi connectivity index (χ4n) is 3.16. The second kappa shape index (κ2) is 8.80. The molecule has 0 radical (unpaired) electrons. The first-order valence-electron chi connectivity index (χ1n) is 8.84. The lowest BCUT2D eigenvalue weighted by Crippen LogP contribution is -2.48. The first-order chi connectivity index (χ1) is 12.8. The van der Waals surface area contributed by atoms with Gasteiger partial charge in [0.05, 0.1) is 4.90 Å². The van der Waals surface area contributed by atoms with Crippen LogP contribution in [0.3, 0.4) is 0 Å². The van der Waals surface area contributed by atoms with Gasteiger partial charge in [-0.05, 0) is 48.9 Å². The van der Waals surface area contributed by atoms with Crippen molar-refractivity contribution in [1.82, 2.24) is 9.62 Å². The van der Waals surface area contributed by atoms with E-state index in [1.165, 1.54) is 6.07 Å². The summed E-state index contributed by atoms with van der Waals surface area (Å²) in [7, 11) is -3.56. The first kappa shape index (κ1) is 20.4. The van der Waals surface area contributed by atoms with Gasteiger partial charge < -0.3 is 4.90 Å². The predicted molar refractivity (Wildman–Crippen MR) is 111 cm³/mol. The van der Waals surface area contributed by atoms with E-state index in [9.17, 15) is 8.42 Å². The molecule has 8 heteroatoms. The zero-order valence-corrected chi connectivity index (χ0v) is 17.5. The molecule has 1 heterocycles. The second-order valence-electron chi connectivity index (χ2n) is 6.61. The average Bonchev–Trinajstić information content (AvgIpc) is 2.65. The summed E-state index contributed by atoms with van der Waals surface area (Å²) in [6.45, 7) is 6.40. The molecule has 0 atom stereocenters. The Bertz CT molecular complexity index is 880. The number of piperazine rings is 1. The topological polar surface area (TPSA) is 52.7 Å². The molecule has 1 N–H and O–H groups in total. The van der Waals surface area contributed by atoms with Crippen LogP contribution < -0.4 is 9.62 Å². The van der Waals surface area contributed by atoms with Crippen LogP contribution in [0.1, 0.15) is 5.56 Å². The van der Waals surface area contributed by atoms with Crippen LogP contribution in [0, 0.1) is 6.92 Å². The predicted octanol–water partition coefficient (Wildman–Crippen LogP) is 3.40. The van der Waals surface area contributed by atoms with Crippen molar-refractivity contribution in [2.75, 3.05) is 44.2 Å². The number of halogens is 2. The molecule has 0 unspecified atom stereocenters. The number of aryl methyl sites for hydroxylation is 1. The molecule has 0 aliphatic carbocycles. The lowest BCUT2D eigenvalue weighted by atomic mass is 10.2. The van der Waals surface area contributed by atoms with Gasteiger partial charge in [0.25, 0.3) is 0 Å². The molecule has 0 spiro atoms. The number of nitrogens with zero attached hydrogens (tertiary/aromatic N) is 2. The van der Waals surface area contributed by atoms with Crippen LogP contribution in [0.2, 0.25) is 10.0 Å². The van der Waals surface area contributed by atoms with E-state index in [4.69, 9.17) is 23.2 Å². The monoisotopic (exact) mass is 427 g/mol. The van der Waals surface area contributed by atoms with E-state index in [1.54, 1.807) is 19.1 Å². The molecular weight excluding hydrogens is 405 g/mol. The quantitative estimate of drug-likeness (QED) is 0.767. The third kappa shape index (κ3) is 5.36. The Morgan fingerprint density at radius 2 is 1.59 bits per heavy atom. The Balaban J connectivity index is 1.49. The van der Waals surface area contributed by atoms with E-state index >= 15 is 0 Å². The molecule has 0 amide bonds. The van der Waals surface area contributed by atoms with Crippen molar-refractivity contribution in [1.29, 1.82) is 0 Å². The van der Waals surface area contributed by atoms with E-state index < -0.39 is 10.0 Å². The highest BCUT2D eigenvalue weighted by Gasteiger charge is 2.20. The maximum absolute atomic E-state index is 12.5. The molecular formula is C19H23Cl2N3O2S. The van der Waals surface area contributed by atoms with Crippen LogP contribution in [-0.2, 0) is 10.0 Å².